The van der Waals surface area contributed by atoms with Gasteiger partial charge in [-0.2, -0.15) is 5.10 Å². The van der Waals surface area contributed by atoms with Gasteiger partial charge in [0.05, 0.1) is 18.3 Å². The third-order valence-electron chi connectivity index (χ3n) is 7.03. The molecule has 1 atom stereocenters. The molecule has 2 aromatic rings. The number of aromatic nitrogens is 2. The van der Waals surface area contributed by atoms with Crippen LogP contribution >= 0.6 is 0 Å². The van der Waals surface area contributed by atoms with Gasteiger partial charge in [0.1, 0.15) is 5.75 Å². The van der Waals surface area contributed by atoms with Gasteiger partial charge in [-0.25, -0.2) is 8.78 Å². The van der Waals surface area contributed by atoms with Crippen LogP contribution in [-0.2, 0) is 6.42 Å². The van der Waals surface area contributed by atoms with Crippen LogP contribution in [0.25, 0.3) is 11.1 Å². The first-order valence-corrected chi connectivity index (χ1v) is 13.0. The number of carbonyl (C=O) groups is 1. The maximum absolute atomic E-state index is 14.1. The van der Waals surface area contributed by atoms with Gasteiger partial charge in [0.25, 0.3) is 11.8 Å². The van der Waals surface area contributed by atoms with Crippen LogP contribution in [0.5, 0.6) is 5.75 Å². The number of carbonyl (C=O) groups excluding carboxylic acids is 1. The Labute approximate surface area is 206 Å². The highest BCUT2D eigenvalue weighted by molar-refractivity contribution is 5.93. The van der Waals surface area contributed by atoms with Gasteiger partial charge in [-0.1, -0.05) is 31.9 Å². The van der Waals surface area contributed by atoms with Crippen molar-refractivity contribution in [2.45, 2.75) is 76.7 Å². The first-order valence-electron chi connectivity index (χ1n) is 13.0. The number of benzene rings is 1. The van der Waals surface area contributed by atoms with Gasteiger partial charge in [-0.15, -0.1) is 5.10 Å². The summed E-state index contributed by atoms with van der Waals surface area (Å²) in [5, 5.41) is 13.8. The van der Waals surface area contributed by atoms with Crippen molar-refractivity contribution in [3.05, 3.63) is 41.7 Å². The van der Waals surface area contributed by atoms with Crippen LogP contribution in [0.1, 0.15) is 74.5 Å². The fraction of sp³-hybridized carbons (Fsp3) is 0.593. The molecular weight excluding hydrogens is 450 g/mol. The average molecular weight is 487 g/mol. The molecule has 2 aliphatic rings. The van der Waals surface area contributed by atoms with Crippen molar-refractivity contribution in [3.8, 4) is 16.9 Å². The molecule has 2 N–H and O–H groups in total. The van der Waals surface area contributed by atoms with Crippen LogP contribution in [0.15, 0.2) is 30.3 Å². The summed E-state index contributed by atoms with van der Waals surface area (Å²) in [4.78, 5) is 12.8. The van der Waals surface area contributed by atoms with Gasteiger partial charge in [-0.3, -0.25) is 4.79 Å². The van der Waals surface area contributed by atoms with Crippen LogP contribution in [-0.4, -0.2) is 47.8 Å². The van der Waals surface area contributed by atoms with E-state index in [0.717, 1.165) is 54.7 Å². The number of alkyl halides is 2. The van der Waals surface area contributed by atoms with Crippen LogP contribution in [0.3, 0.4) is 0 Å². The zero-order valence-corrected chi connectivity index (χ0v) is 20.5. The fourth-order valence-electron chi connectivity index (χ4n) is 4.84. The number of piperidine rings is 1. The van der Waals surface area contributed by atoms with E-state index in [1.807, 2.05) is 24.3 Å². The van der Waals surface area contributed by atoms with Crippen LogP contribution in [0, 0.1) is 5.92 Å². The molecule has 1 saturated heterocycles. The van der Waals surface area contributed by atoms with Gasteiger partial charge in [0.2, 0.25) is 0 Å². The second-order valence-electron chi connectivity index (χ2n) is 9.73. The number of aryl methyl sites for hydroxylation is 1. The number of nitrogens with zero attached hydrogens (tertiary/aromatic N) is 2. The summed E-state index contributed by atoms with van der Waals surface area (Å²) in [7, 11) is 0. The topological polar surface area (TPSA) is 76.1 Å². The molecule has 1 aliphatic carbocycles. The number of rotatable bonds is 9. The molecule has 0 spiro atoms. The van der Waals surface area contributed by atoms with Gasteiger partial charge in [0, 0.05) is 18.0 Å². The second-order valence-corrected chi connectivity index (χ2v) is 9.73. The number of hydrogen-bond donors (Lipinski definition) is 2. The Kier molecular flexibility index (Phi) is 8.65. The summed E-state index contributed by atoms with van der Waals surface area (Å²) >= 11 is 0. The minimum absolute atomic E-state index is 0.0880. The molecule has 6 nitrogen and oxygen atoms in total. The smallest absolute Gasteiger partial charge is 0.271 e. The number of ether oxygens (including phenoxy) is 1. The van der Waals surface area contributed by atoms with Gasteiger partial charge < -0.3 is 15.4 Å². The Hall–Kier alpha value is -2.61. The highest BCUT2D eigenvalue weighted by atomic mass is 19.3. The van der Waals surface area contributed by atoms with Crippen molar-refractivity contribution < 1.29 is 18.3 Å². The predicted octanol–water partition coefficient (Wildman–Crippen LogP) is 5.17. The number of hydrogen-bond acceptors (Lipinski definition) is 5. The van der Waals surface area contributed by atoms with Crippen LogP contribution in [0.4, 0.5) is 8.78 Å². The second kappa shape index (κ2) is 11.9. The standard InChI is InChI=1S/C27H36F2N4O2/c1-2-3-9-24-23(19-10-12-22(13-11-19)35-21-7-5-4-6-8-21)16-25(33-32-24)26(34)31-17-20-14-15-30-18-27(20,28)29/h10-13,16,20-21,30H,2-9,14-15,17-18H2,1H3,(H,31,34). The van der Waals surface area contributed by atoms with E-state index in [9.17, 15) is 13.6 Å². The molecule has 0 bridgehead atoms. The van der Waals surface area contributed by atoms with E-state index in [0.29, 0.717) is 13.0 Å². The van der Waals surface area contributed by atoms with E-state index in [1.54, 1.807) is 6.07 Å². The molecule has 35 heavy (non-hydrogen) atoms. The molecule has 2 heterocycles. The number of halogens is 2. The first kappa shape index (κ1) is 25.5. The monoisotopic (exact) mass is 486 g/mol. The maximum atomic E-state index is 14.1. The SMILES string of the molecule is CCCCc1nnc(C(=O)NCC2CCNCC2(F)F)cc1-c1ccc(OC2CCCCC2)cc1. The largest absolute Gasteiger partial charge is 0.490 e. The zero-order valence-electron chi connectivity index (χ0n) is 20.5. The third-order valence-corrected chi connectivity index (χ3v) is 7.03. The minimum atomic E-state index is -2.84. The Morgan fingerprint density at radius 2 is 1.91 bits per heavy atom. The number of nitrogens with one attached hydrogen (secondary N) is 2. The van der Waals surface area contributed by atoms with E-state index < -0.39 is 17.7 Å². The van der Waals surface area contributed by atoms with Crippen molar-refractivity contribution in [1.29, 1.82) is 0 Å². The lowest BCUT2D eigenvalue weighted by Gasteiger charge is -2.31. The molecule has 1 aliphatic heterocycles. The minimum Gasteiger partial charge on any atom is -0.490 e. The first-order chi connectivity index (χ1) is 17.0. The van der Waals surface area contributed by atoms with Crippen molar-refractivity contribution >= 4 is 5.91 Å². The molecule has 2 fully saturated rings. The fourth-order valence-corrected chi connectivity index (χ4v) is 4.84. The van der Waals surface area contributed by atoms with Gasteiger partial charge in [0.15, 0.2) is 5.69 Å². The van der Waals surface area contributed by atoms with Crippen molar-refractivity contribution in [2.24, 2.45) is 5.92 Å². The van der Waals surface area contributed by atoms with Gasteiger partial charge in [-0.05, 0) is 75.3 Å². The summed E-state index contributed by atoms with van der Waals surface area (Å²) in [6, 6.07) is 9.63. The van der Waals surface area contributed by atoms with Crippen LogP contribution < -0.4 is 15.4 Å². The van der Waals surface area contributed by atoms with E-state index in [-0.39, 0.29) is 24.9 Å². The molecule has 1 saturated carbocycles. The van der Waals surface area contributed by atoms with E-state index in [2.05, 4.69) is 27.8 Å². The number of unbranched alkanes of at least 4 members (excludes halogenated alkanes) is 1. The quantitative estimate of drug-likeness (QED) is 0.511. The maximum Gasteiger partial charge on any atom is 0.271 e. The average Bonchev–Trinajstić information content (AvgIpc) is 2.87. The van der Waals surface area contributed by atoms with Crippen molar-refractivity contribution in [1.82, 2.24) is 20.8 Å². The lowest BCUT2D eigenvalue weighted by atomic mass is 9.94. The lowest BCUT2D eigenvalue weighted by molar-refractivity contribution is -0.0712. The van der Waals surface area contributed by atoms with Gasteiger partial charge >= 0.3 is 0 Å². The highest BCUT2D eigenvalue weighted by Crippen LogP contribution is 2.30. The number of amides is 1. The molecule has 190 valence electrons. The summed E-state index contributed by atoms with van der Waals surface area (Å²) in [5.74, 6) is -3.36. The van der Waals surface area contributed by atoms with Crippen molar-refractivity contribution in [3.63, 3.8) is 0 Å². The Balaban J connectivity index is 1.48. The Morgan fingerprint density at radius 1 is 1.14 bits per heavy atom. The normalized spacial score (nSPS) is 20.4. The molecule has 4 rings (SSSR count). The molecule has 1 amide bonds. The van der Waals surface area contributed by atoms with E-state index in [4.69, 9.17) is 4.74 Å². The molecule has 8 heteroatoms. The Bertz CT molecular complexity index is 978. The van der Waals surface area contributed by atoms with E-state index >= 15 is 0 Å². The third kappa shape index (κ3) is 6.75. The molecule has 1 aromatic carbocycles. The highest BCUT2D eigenvalue weighted by Gasteiger charge is 2.41. The zero-order chi connectivity index (χ0) is 24.7. The van der Waals surface area contributed by atoms with E-state index in [1.165, 1.54) is 19.3 Å². The Morgan fingerprint density at radius 3 is 2.63 bits per heavy atom. The predicted molar refractivity (Wildman–Crippen MR) is 132 cm³/mol. The summed E-state index contributed by atoms with van der Waals surface area (Å²) in [5.41, 5.74) is 2.74. The summed E-state index contributed by atoms with van der Waals surface area (Å²) in [6.45, 7) is 2.19. The molecular formula is C27H36F2N4O2. The summed E-state index contributed by atoms with van der Waals surface area (Å²) < 4.78 is 34.4. The summed E-state index contributed by atoms with van der Waals surface area (Å²) in [6.07, 6.45) is 9.22. The molecule has 0 radical (unpaired) electrons. The lowest BCUT2D eigenvalue weighted by Crippen LogP contribution is -2.50. The molecule has 1 aromatic heterocycles. The van der Waals surface area contributed by atoms with Crippen LogP contribution in [0.2, 0.25) is 0 Å². The van der Waals surface area contributed by atoms with Crippen molar-refractivity contribution in [2.75, 3.05) is 19.6 Å². The molecule has 1 unspecified atom stereocenters.